The number of hydrogen-bond donors (Lipinski definition) is 1. The molecule has 0 spiro atoms. The van der Waals surface area contributed by atoms with Gasteiger partial charge in [0.1, 0.15) is 12.3 Å². The maximum Gasteiger partial charge on any atom is 0.135 e. The summed E-state index contributed by atoms with van der Waals surface area (Å²) in [6.45, 7) is 13.1. The number of rotatable bonds is 11. The van der Waals surface area contributed by atoms with Crippen molar-refractivity contribution in [3.8, 4) is 0 Å². The van der Waals surface area contributed by atoms with E-state index in [1.54, 1.807) is 0 Å². The molecule has 2 aliphatic heterocycles. The Labute approximate surface area is 206 Å². The van der Waals surface area contributed by atoms with Gasteiger partial charge in [0.05, 0.1) is 44.5 Å². The first-order valence-electron chi connectivity index (χ1n) is 13.8. The van der Waals surface area contributed by atoms with Gasteiger partial charge in [-0.2, -0.15) is 0 Å². The Balaban J connectivity index is 1.25. The molecule has 7 nitrogen and oxygen atoms in total. The highest BCUT2D eigenvalue weighted by atomic mass is 16.6. The van der Waals surface area contributed by atoms with E-state index in [9.17, 15) is 5.11 Å². The first kappa shape index (κ1) is 26.4. The molecule has 0 amide bonds. The molecule has 1 saturated carbocycles. The van der Waals surface area contributed by atoms with Crippen LogP contribution in [0.1, 0.15) is 65.7 Å². The van der Waals surface area contributed by atoms with Crippen LogP contribution >= 0.6 is 0 Å². The highest BCUT2D eigenvalue weighted by Gasteiger charge is 2.38. The van der Waals surface area contributed by atoms with Crippen LogP contribution in [0.2, 0.25) is 0 Å². The molecule has 0 aromatic rings. The van der Waals surface area contributed by atoms with Gasteiger partial charge in [-0.25, -0.2) is 0 Å². The third-order valence-corrected chi connectivity index (χ3v) is 7.78. The smallest absolute Gasteiger partial charge is 0.135 e. The molecule has 3 fully saturated rings. The maximum atomic E-state index is 11.4. The molecule has 4 rings (SSSR count). The summed E-state index contributed by atoms with van der Waals surface area (Å²) in [7, 11) is 0. The second-order valence-electron chi connectivity index (χ2n) is 11.3. The van der Waals surface area contributed by atoms with Gasteiger partial charge in [0.15, 0.2) is 0 Å². The second kappa shape index (κ2) is 13.0. The molecule has 196 valence electrons. The minimum Gasteiger partial charge on any atom is -0.498 e. The molecule has 2 aliphatic carbocycles. The number of nitrogens with zero attached hydrogens (tertiary/aromatic N) is 2. The van der Waals surface area contributed by atoms with Gasteiger partial charge in [-0.15, -0.1) is 0 Å². The number of allylic oxidation sites excluding steroid dienone is 2. The molecule has 0 aromatic carbocycles. The van der Waals surface area contributed by atoms with E-state index in [4.69, 9.17) is 18.9 Å². The van der Waals surface area contributed by atoms with Crippen molar-refractivity contribution in [1.82, 2.24) is 9.80 Å². The van der Waals surface area contributed by atoms with Crippen LogP contribution in [-0.2, 0) is 18.9 Å². The second-order valence-corrected chi connectivity index (χ2v) is 11.3. The van der Waals surface area contributed by atoms with Gasteiger partial charge in [0.2, 0.25) is 0 Å². The zero-order valence-corrected chi connectivity index (χ0v) is 21.7. The molecular formula is C27H48N2O5. The zero-order valence-electron chi connectivity index (χ0n) is 21.7. The van der Waals surface area contributed by atoms with Crippen LogP contribution in [0.4, 0.5) is 0 Å². The fourth-order valence-electron chi connectivity index (χ4n) is 6.07. The van der Waals surface area contributed by atoms with Gasteiger partial charge in [-0.1, -0.05) is 20.8 Å². The normalized spacial score (nSPS) is 33.7. The molecule has 0 radical (unpaired) electrons. The quantitative estimate of drug-likeness (QED) is 0.453. The number of aliphatic hydroxyl groups excluding tert-OH is 1. The minimum absolute atomic E-state index is 0.146. The van der Waals surface area contributed by atoms with Crippen molar-refractivity contribution in [2.24, 2.45) is 17.8 Å². The van der Waals surface area contributed by atoms with Crippen molar-refractivity contribution in [1.29, 1.82) is 0 Å². The predicted octanol–water partition coefficient (Wildman–Crippen LogP) is 3.62. The summed E-state index contributed by atoms with van der Waals surface area (Å²) in [6.07, 6.45) is 9.67. The van der Waals surface area contributed by atoms with E-state index < -0.39 is 6.23 Å². The van der Waals surface area contributed by atoms with Gasteiger partial charge < -0.3 is 24.1 Å². The standard InChI is InChI=1S/C27H48N2O5/c1-4-11-31-23-8-5-21(6-9-23)16-28-18-26(34-19-28)27(30)29(15-20(2)3)17-22-7-10-24-25(14-22)33-13-12-32-24/h8,20-22,24-27,30H,4-7,9-19H2,1-3H3. The molecule has 1 N–H and O–H groups in total. The SMILES string of the molecule is CCCOC1=CCC(CN2COC(C(O)N(CC(C)C)CC3CCC4OCCOC4C3)C2)CC1. The van der Waals surface area contributed by atoms with Gasteiger partial charge in [0.25, 0.3) is 0 Å². The van der Waals surface area contributed by atoms with Crippen molar-refractivity contribution < 1.29 is 24.1 Å². The lowest BCUT2D eigenvalue weighted by atomic mass is 9.84. The Morgan fingerprint density at radius 1 is 1.12 bits per heavy atom. The summed E-state index contributed by atoms with van der Waals surface area (Å²) in [5.41, 5.74) is 0. The first-order valence-corrected chi connectivity index (χ1v) is 13.8. The Morgan fingerprint density at radius 2 is 1.94 bits per heavy atom. The fourth-order valence-corrected chi connectivity index (χ4v) is 6.07. The summed E-state index contributed by atoms with van der Waals surface area (Å²) in [4.78, 5) is 4.66. The molecule has 7 heteroatoms. The number of fused-ring (bicyclic) bond motifs is 1. The van der Waals surface area contributed by atoms with Crippen LogP contribution in [0.5, 0.6) is 0 Å². The monoisotopic (exact) mass is 480 g/mol. The molecule has 6 atom stereocenters. The fraction of sp³-hybridized carbons (Fsp3) is 0.926. The summed E-state index contributed by atoms with van der Waals surface area (Å²) < 4.78 is 23.8. The zero-order chi connectivity index (χ0) is 23.9. The average molecular weight is 481 g/mol. The third-order valence-electron chi connectivity index (χ3n) is 7.78. The Kier molecular flexibility index (Phi) is 10.1. The maximum absolute atomic E-state index is 11.4. The van der Waals surface area contributed by atoms with E-state index in [0.717, 1.165) is 77.9 Å². The van der Waals surface area contributed by atoms with Crippen LogP contribution in [-0.4, -0.2) is 92.2 Å². The molecule has 6 unspecified atom stereocenters. The van der Waals surface area contributed by atoms with E-state index in [2.05, 4.69) is 36.6 Å². The molecule has 2 heterocycles. The van der Waals surface area contributed by atoms with Crippen LogP contribution in [0.3, 0.4) is 0 Å². The van der Waals surface area contributed by atoms with Crippen molar-refractivity contribution >= 4 is 0 Å². The van der Waals surface area contributed by atoms with Crippen LogP contribution < -0.4 is 0 Å². The Bertz CT molecular complexity index is 645. The average Bonchev–Trinajstić information content (AvgIpc) is 3.31. The molecule has 4 aliphatic rings. The highest BCUT2D eigenvalue weighted by molar-refractivity contribution is 5.00. The van der Waals surface area contributed by atoms with Gasteiger partial charge >= 0.3 is 0 Å². The molecular weight excluding hydrogens is 432 g/mol. The van der Waals surface area contributed by atoms with Gasteiger partial charge in [-0.05, 0) is 62.4 Å². The van der Waals surface area contributed by atoms with Crippen LogP contribution in [0.25, 0.3) is 0 Å². The summed E-state index contributed by atoms with van der Waals surface area (Å²) >= 11 is 0. The lowest BCUT2D eigenvalue weighted by molar-refractivity contribution is -0.166. The largest absolute Gasteiger partial charge is 0.498 e. The lowest BCUT2D eigenvalue weighted by Crippen LogP contribution is -2.51. The van der Waals surface area contributed by atoms with Gasteiger partial charge in [0, 0.05) is 32.6 Å². The predicted molar refractivity (Wildman–Crippen MR) is 132 cm³/mol. The lowest BCUT2D eigenvalue weighted by Gasteiger charge is -2.41. The van der Waals surface area contributed by atoms with E-state index in [-0.39, 0.29) is 18.3 Å². The molecule has 2 saturated heterocycles. The van der Waals surface area contributed by atoms with E-state index >= 15 is 0 Å². The van der Waals surface area contributed by atoms with E-state index in [1.165, 1.54) is 12.2 Å². The van der Waals surface area contributed by atoms with Gasteiger partial charge in [-0.3, -0.25) is 9.80 Å². The Morgan fingerprint density at radius 3 is 2.68 bits per heavy atom. The topological polar surface area (TPSA) is 63.6 Å². The van der Waals surface area contributed by atoms with E-state index in [1.807, 2.05) is 0 Å². The van der Waals surface area contributed by atoms with Crippen molar-refractivity contribution in [3.05, 3.63) is 11.8 Å². The molecule has 34 heavy (non-hydrogen) atoms. The molecule has 0 bridgehead atoms. The first-order chi connectivity index (χ1) is 16.5. The van der Waals surface area contributed by atoms with Crippen molar-refractivity contribution in [3.63, 3.8) is 0 Å². The Hall–Kier alpha value is -0.700. The van der Waals surface area contributed by atoms with Crippen LogP contribution in [0.15, 0.2) is 11.8 Å². The number of hydrogen-bond acceptors (Lipinski definition) is 7. The third kappa shape index (κ3) is 7.40. The highest BCUT2D eigenvalue weighted by Crippen LogP contribution is 2.32. The van der Waals surface area contributed by atoms with E-state index in [0.29, 0.717) is 31.1 Å². The summed E-state index contributed by atoms with van der Waals surface area (Å²) in [6, 6.07) is 0. The van der Waals surface area contributed by atoms with Crippen LogP contribution in [0, 0.1) is 17.8 Å². The van der Waals surface area contributed by atoms with Crippen molar-refractivity contribution in [2.45, 2.75) is 90.3 Å². The summed E-state index contributed by atoms with van der Waals surface area (Å²) in [5, 5.41) is 11.4. The summed E-state index contributed by atoms with van der Waals surface area (Å²) in [5.74, 6) is 2.85. The van der Waals surface area contributed by atoms with Crippen molar-refractivity contribution in [2.75, 3.05) is 52.7 Å². The minimum atomic E-state index is -0.561. The number of aliphatic hydroxyl groups is 1. The molecule has 0 aromatic heterocycles. The number of ether oxygens (including phenoxy) is 4.